The lowest BCUT2D eigenvalue weighted by molar-refractivity contribution is -0.118. The summed E-state index contributed by atoms with van der Waals surface area (Å²) < 4.78 is 5.37. The van der Waals surface area contributed by atoms with E-state index < -0.39 is 0 Å². The van der Waals surface area contributed by atoms with Gasteiger partial charge in [-0.2, -0.15) is 0 Å². The second-order valence-electron chi connectivity index (χ2n) is 5.44. The van der Waals surface area contributed by atoms with E-state index in [1.54, 1.807) is 0 Å². The molecule has 0 radical (unpaired) electrons. The Hall–Kier alpha value is -1.39. The molecule has 0 atom stereocenters. The van der Waals surface area contributed by atoms with Crippen LogP contribution >= 0.6 is 0 Å². The predicted octanol–water partition coefficient (Wildman–Crippen LogP) is 2.54. The van der Waals surface area contributed by atoms with Crippen molar-refractivity contribution >= 4 is 11.6 Å². The molecule has 21 heavy (non-hydrogen) atoms. The number of nitrogens with zero attached hydrogens (tertiary/aromatic N) is 2. The molecule has 1 aliphatic heterocycles. The molecule has 116 valence electrons. The predicted molar refractivity (Wildman–Crippen MR) is 85.6 cm³/mol. The average molecular weight is 290 g/mol. The van der Waals surface area contributed by atoms with Crippen molar-refractivity contribution in [1.29, 1.82) is 0 Å². The minimum absolute atomic E-state index is 0.233. The van der Waals surface area contributed by atoms with Gasteiger partial charge in [0.15, 0.2) is 0 Å². The molecule has 0 N–H and O–H groups in total. The Morgan fingerprint density at radius 2 is 1.95 bits per heavy atom. The van der Waals surface area contributed by atoms with Gasteiger partial charge in [0.05, 0.1) is 13.2 Å². The third kappa shape index (κ3) is 5.14. The van der Waals surface area contributed by atoms with Crippen LogP contribution in [0.15, 0.2) is 30.3 Å². The van der Waals surface area contributed by atoms with Gasteiger partial charge in [0.25, 0.3) is 0 Å². The lowest BCUT2D eigenvalue weighted by Crippen LogP contribution is -2.43. The molecule has 0 aromatic heterocycles. The summed E-state index contributed by atoms with van der Waals surface area (Å²) in [6, 6.07) is 10.0. The van der Waals surface area contributed by atoms with E-state index >= 15 is 0 Å². The highest BCUT2D eigenvalue weighted by molar-refractivity contribution is 5.93. The molecule has 1 heterocycles. The Balaban J connectivity index is 1.96. The summed E-state index contributed by atoms with van der Waals surface area (Å²) in [6.07, 6.45) is 2.64. The topological polar surface area (TPSA) is 32.8 Å². The molecular formula is C17H26N2O2. The highest BCUT2D eigenvalue weighted by Gasteiger charge is 2.17. The zero-order valence-corrected chi connectivity index (χ0v) is 13.0. The second-order valence-corrected chi connectivity index (χ2v) is 5.44. The van der Waals surface area contributed by atoms with Crippen LogP contribution in [0.1, 0.15) is 26.2 Å². The number of hydrogen-bond donors (Lipinski definition) is 0. The maximum Gasteiger partial charge on any atom is 0.227 e. The van der Waals surface area contributed by atoms with Crippen molar-refractivity contribution in [2.45, 2.75) is 26.2 Å². The van der Waals surface area contributed by atoms with Crippen LogP contribution in [0.2, 0.25) is 0 Å². The quantitative estimate of drug-likeness (QED) is 0.773. The summed E-state index contributed by atoms with van der Waals surface area (Å²) in [5.41, 5.74) is 1.01. The number of hydrogen-bond acceptors (Lipinski definition) is 3. The molecule has 4 heteroatoms. The van der Waals surface area contributed by atoms with Crippen molar-refractivity contribution in [2.24, 2.45) is 0 Å². The Kier molecular flexibility index (Phi) is 6.70. The van der Waals surface area contributed by atoms with Crippen molar-refractivity contribution in [3.8, 4) is 0 Å². The second kappa shape index (κ2) is 8.80. The fraction of sp³-hybridized carbons (Fsp3) is 0.588. The van der Waals surface area contributed by atoms with Crippen LogP contribution in [0.25, 0.3) is 0 Å². The number of amides is 1. The highest BCUT2D eigenvalue weighted by Crippen LogP contribution is 2.15. The van der Waals surface area contributed by atoms with Crippen molar-refractivity contribution in [2.75, 3.05) is 44.3 Å². The first-order valence-corrected chi connectivity index (χ1v) is 7.96. The van der Waals surface area contributed by atoms with Crippen LogP contribution in [0.4, 0.5) is 5.69 Å². The van der Waals surface area contributed by atoms with Gasteiger partial charge in [0.1, 0.15) is 0 Å². The molecule has 0 spiro atoms. The number of carbonyl (C=O) groups excluding carboxylic acids is 1. The summed E-state index contributed by atoms with van der Waals surface area (Å²) in [4.78, 5) is 16.8. The number of anilines is 1. The van der Waals surface area contributed by atoms with Gasteiger partial charge in [-0.15, -0.1) is 0 Å². The number of benzene rings is 1. The van der Waals surface area contributed by atoms with E-state index in [2.05, 4.69) is 11.8 Å². The maximum absolute atomic E-state index is 12.5. The number of ether oxygens (including phenoxy) is 1. The lowest BCUT2D eigenvalue weighted by Gasteiger charge is -2.30. The first kappa shape index (κ1) is 16.0. The molecular weight excluding hydrogens is 264 g/mol. The number of para-hydroxylation sites is 1. The number of unbranched alkanes of at least 4 members (excludes halogenated alkanes) is 1. The van der Waals surface area contributed by atoms with Gasteiger partial charge in [-0.1, -0.05) is 31.5 Å². The van der Waals surface area contributed by atoms with Gasteiger partial charge in [0.2, 0.25) is 5.91 Å². The summed E-state index contributed by atoms with van der Waals surface area (Å²) in [5.74, 6) is 0.233. The van der Waals surface area contributed by atoms with Crippen LogP contribution in [0.5, 0.6) is 0 Å². The summed E-state index contributed by atoms with van der Waals surface area (Å²) in [6.45, 7) is 7.32. The molecule has 1 saturated heterocycles. The smallest absolute Gasteiger partial charge is 0.227 e. The average Bonchev–Trinajstić information content (AvgIpc) is 2.55. The van der Waals surface area contributed by atoms with E-state index in [4.69, 9.17) is 4.74 Å². The minimum atomic E-state index is 0.233. The molecule has 0 saturated carbocycles. The van der Waals surface area contributed by atoms with Gasteiger partial charge < -0.3 is 9.64 Å². The number of carbonyl (C=O) groups is 1. The maximum atomic E-state index is 12.5. The molecule has 0 bridgehead atoms. The molecule has 4 nitrogen and oxygen atoms in total. The van der Waals surface area contributed by atoms with Crippen LogP contribution in [0, 0.1) is 0 Å². The van der Waals surface area contributed by atoms with Crippen LogP contribution in [0.3, 0.4) is 0 Å². The minimum Gasteiger partial charge on any atom is -0.379 e. The summed E-state index contributed by atoms with van der Waals surface area (Å²) in [5, 5.41) is 0. The molecule has 1 amide bonds. The normalized spacial score (nSPS) is 15.9. The first-order chi connectivity index (χ1) is 10.3. The zero-order valence-electron chi connectivity index (χ0n) is 13.0. The molecule has 1 aromatic carbocycles. The third-order valence-corrected chi connectivity index (χ3v) is 3.86. The van der Waals surface area contributed by atoms with Crippen LogP contribution in [-0.4, -0.2) is 50.2 Å². The monoisotopic (exact) mass is 290 g/mol. The van der Waals surface area contributed by atoms with Crippen molar-refractivity contribution in [3.63, 3.8) is 0 Å². The van der Waals surface area contributed by atoms with E-state index in [1.165, 1.54) is 0 Å². The largest absolute Gasteiger partial charge is 0.379 e. The zero-order chi connectivity index (χ0) is 14.9. The summed E-state index contributed by atoms with van der Waals surface area (Å²) in [7, 11) is 0. The van der Waals surface area contributed by atoms with Gasteiger partial charge >= 0.3 is 0 Å². The van der Waals surface area contributed by atoms with E-state index in [0.717, 1.165) is 57.9 Å². The van der Waals surface area contributed by atoms with Crippen molar-refractivity contribution < 1.29 is 9.53 Å². The molecule has 2 rings (SSSR count). The Labute approximate surface area is 127 Å². The molecule has 1 aliphatic rings. The van der Waals surface area contributed by atoms with Crippen LogP contribution < -0.4 is 4.90 Å². The number of morpholine rings is 1. The van der Waals surface area contributed by atoms with E-state index in [9.17, 15) is 4.79 Å². The van der Waals surface area contributed by atoms with E-state index in [1.807, 2.05) is 35.2 Å². The number of rotatable bonds is 7. The molecule has 1 fully saturated rings. The Bertz CT molecular complexity index is 416. The molecule has 0 aliphatic carbocycles. The van der Waals surface area contributed by atoms with E-state index in [-0.39, 0.29) is 5.91 Å². The van der Waals surface area contributed by atoms with E-state index in [0.29, 0.717) is 6.42 Å². The molecule has 0 unspecified atom stereocenters. The van der Waals surface area contributed by atoms with Gasteiger partial charge in [-0.3, -0.25) is 9.69 Å². The van der Waals surface area contributed by atoms with Gasteiger partial charge in [0, 0.05) is 38.3 Å². The lowest BCUT2D eigenvalue weighted by atomic mass is 10.2. The highest BCUT2D eigenvalue weighted by atomic mass is 16.5. The Morgan fingerprint density at radius 1 is 1.24 bits per heavy atom. The fourth-order valence-corrected chi connectivity index (χ4v) is 2.53. The standard InChI is InChI=1S/C17H26N2O2/c1-2-3-9-17(20)19(16-7-5-4-6-8-16)11-10-18-12-14-21-15-13-18/h4-8H,2-3,9-15H2,1H3. The van der Waals surface area contributed by atoms with Crippen molar-refractivity contribution in [1.82, 2.24) is 4.90 Å². The third-order valence-electron chi connectivity index (χ3n) is 3.86. The fourth-order valence-electron chi connectivity index (χ4n) is 2.53. The Morgan fingerprint density at radius 3 is 2.62 bits per heavy atom. The van der Waals surface area contributed by atoms with Crippen LogP contribution in [-0.2, 0) is 9.53 Å². The van der Waals surface area contributed by atoms with Gasteiger partial charge in [-0.05, 0) is 18.6 Å². The van der Waals surface area contributed by atoms with Crippen molar-refractivity contribution in [3.05, 3.63) is 30.3 Å². The molecule has 1 aromatic rings. The van der Waals surface area contributed by atoms with Gasteiger partial charge in [-0.25, -0.2) is 0 Å². The summed E-state index contributed by atoms with van der Waals surface area (Å²) >= 11 is 0. The SMILES string of the molecule is CCCCC(=O)N(CCN1CCOCC1)c1ccccc1. The first-order valence-electron chi connectivity index (χ1n) is 7.96.